The Morgan fingerprint density at radius 2 is 2.00 bits per heavy atom. The summed E-state index contributed by atoms with van der Waals surface area (Å²) in [4.78, 5) is 29.7. The van der Waals surface area contributed by atoms with Crippen molar-refractivity contribution in [3.63, 3.8) is 0 Å². The van der Waals surface area contributed by atoms with Gasteiger partial charge in [-0.1, -0.05) is 11.6 Å². The molecule has 0 aliphatic rings. The van der Waals surface area contributed by atoms with Crippen LogP contribution < -0.4 is 11.2 Å². The lowest BCUT2D eigenvalue weighted by molar-refractivity contribution is 0.577. The average Bonchev–Trinajstić information content (AvgIpc) is 2.28. The second-order valence-electron chi connectivity index (χ2n) is 3.59. The zero-order valence-corrected chi connectivity index (χ0v) is 9.81. The van der Waals surface area contributed by atoms with Gasteiger partial charge in [0.1, 0.15) is 5.15 Å². The summed E-state index contributed by atoms with van der Waals surface area (Å²) in [6, 6.07) is 4.32. The van der Waals surface area contributed by atoms with Crippen molar-refractivity contribution >= 4 is 11.6 Å². The number of halogens is 1. The zero-order valence-electron chi connectivity index (χ0n) is 9.05. The number of nitrogens with one attached hydrogen (secondary N) is 1. The first-order chi connectivity index (χ1) is 8.09. The van der Waals surface area contributed by atoms with Gasteiger partial charge < -0.3 is 0 Å². The number of nitrogens with zero attached hydrogens (tertiary/aromatic N) is 2. The number of pyridine rings is 1. The normalized spacial score (nSPS) is 12.4. The smallest absolute Gasteiger partial charge is 0.298 e. The predicted octanol–water partition coefficient (Wildman–Crippen LogP) is 1.19. The fourth-order valence-electron chi connectivity index (χ4n) is 1.63. The van der Waals surface area contributed by atoms with Crippen LogP contribution in [-0.2, 0) is 0 Å². The summed E-state index contributed by atoms with van der Waals surface area (Å²) in [7, 11) is 0. The van der Waals surface area contributed by atoms with Gasteiger partial charge in [0.05, 0.1) is 6.04 Å². The third kappa shape index (κ3) is 2.29. The molecule has 2 aromatic heterocycles. The van der Waals surface area contributed by atoms with E-state index in [4.69, 9.17) is 11.6 Å². The van der Waals surface area contributed by atoms with Crippen LogP contribution in [0.15, 0.2) is 40.2 Å². The lowest BCUT2D eigenvalue weighted by Crippen LogP contribution is -2.37. The van der Waals surface area contributed by atoms with Crippen LogP contribution in [0, 0.1) is 0 Å². The summed E-state index contributed by atoms with van der Waals surface area (Å²) in [5, 5.41) is 0.0400. The highest BCUT2D eigenvalue weighted by molar-refractivity contribution is 6.29. The maximum Gasteiger partial charge on any atom is 0.330 e. The van der Waals surface area contributed by atoms with Crippen LogP contribution in [0.1, 0.15) is 18.5 Å². The molecule has 0 amide bonds. The standard InChI is InChI=1S/C11H10ClN3O2/c1-7(8-2-4-13-5-3-8)15-10(16)6-9(12)14-11(15)17/h2-7H,1H3,(H,14,17). The largest absolute Gasteiger partial charge is 0.330 e. The monoisotopic (exact) mass is 251 g/mol. The molecule has 17 heavy (non-hydrogen) atoms. The van der Waals surface area contributed by atoms with Crippen molar-refractivity contribution in [2.24, 2.45) is 0 Å². The van der Waals surface area contributed by atoms with Gasteiger partial charge in [-0.05, 0) is 24.6 Å². The van der Waals surface area contributed by atoms with E-state index in [9.17, 15) is 9.59 Å². The van der Waals surface area contributed by atoms with E-state index in [-0.39, 0.29) is 11.2 Å². The molecule has 88 valence electrons. The molecule has 1 unspecified atom stereocenters. The Labute approximate surface area is 102 Å². The van der Waals surface area contributed by atoms with Crippen LogP contribution >= 0.6 is 11.6 Å². The van der Waals surface area contributed by atoms with Crippen LogP contribution in [0.2, 0.25) is 5.15 Å². The summed E-state index contributed by atoms with van der Waals surface area (Å²) in [5.41, 5.74) is -0.121. The molecule has 0 radical (unpaired) electrons. The Morgan fingerprint density at radius 1 is 1.35 bits per heavy atom. The molecule has 0 aromatic carbocycles. The van der Waals surface area contributed by atoms with Gasteiger partial charge >= 0.3 is 5.69 Å². The van der Waals surface area contributed by atoms with E-state index in [1.165, 1.54) is 6.07 Å². The molecule has 5 nitrogen and oxygen atoms in total. The van der Waals surface area contributed by atoms with Gasteiger partial charge in [-0.2, -0.15) is 0 Å². The van der Waals surface area contributed by atoms with Crippen molar-refractivity contribution < 1.29 is 0 Å². The summed E-state index contributed by atoms with van der Waals surface area (Å²) in [6.45, 7) is 1.76. The number of aromatic amines is 1. The summed E-state index contributed by atoms with van der Waals surface area (Å²) in [6.07, 6.45) is 3.22. The Balaban J connectivity index is 2.56. The Kier molecular flexibility index (Phi) is 3.10. The van der Waals surface area contributed by atoms with Crippen LogP contribution in [0.25, 0.3) is 0 Å². The molecule has 2 heterocycles. The molecule has 0 spiro atoms. The van der Waals surface area contributed by atoms with E-state index in [1.807, 2.05) is 0 Å². The van der Waals surface area contributed by atoms with Gasteiger partial charge in [0.25, 0.3) is 5.56 Å². The van der Waals surface area contributed by atoms with Gasteiger partial charge in [0.15, 0.2) is 0 Å². The third-order valence-corrected chi connectivity index (χ3v) is 2.71. The third-order valence-electron chi connectivity index (χ3n) is 2.51. The van der Waals surface area contributed by atoms with E-state index < -0.39 is 11.2 Å². The second-order valence-corrected chi connectivity index (χ2v) is 3.99. The maximum absolute atomic E-state index is 11.7. The number of H-pyrrole nitrogens is 1. The molecular weight excluding hydrogens is 242 g/mol. The molecule has 0 bridgehead atoms. The maximum atomic E-state index is 11.7. The first kappa shape index (κ1) is 11.6. The van der Waals surface area contributed by atoms with E-state index >= 15 is 0 Å². The van der Waals surface area contributed by atoms with E-state index in [0.29, 0.717) is 0 Å². The zero-order chi connectivity index (χ0) is 12.4. The SMILES string of the molecule is CC(c1ccncc1)n1c(=O)cc(Cl)[nH]c1=O. The summed E-state index contributed by atoms with van der Waals surface area (Å²) in [5.74, 6) is 0. The molecule has 0 fully saturated rings. The minimum Gasteiger partial charge on any atom is -0.298 e. The van der Waals surface area contributed by atoms with E-state index in [0.717, 1.165) is 10.1 Å². The molecule has 1 N–H and O–H groups in total. The van der Waals surface area contributed by atoms with Crippen LogP contribution in [0.4, 0.5) is 0 Å². The van der Waals surface area contributed by atoms with Crippen LogP contribution in [0.3, 0.4) is 0 Å². The average molecular weight is 252 g/mol. The van der Waals surface area contributed by atoms with Gasteiger partial charge in [-0.3, -0.25) is 19.3 Å². The topological polar surface area (TPSA) is 67.8 Å². The Morgan fingerprint density at radius 3 is 2.59 bits per heavy atom. The number of hydrogen-bond acceptors (Lipinski definition) is 3. The lowest BCUT2D eigenvalue weighted by atomic mass is 10.1. The molecule has 0 aliphatic carbocycles. The van der Waals surface area contributed by atoms with E-state index in [1.54, 1.807) is 31.5 Å². The first-order valence-electron chi connectivity index (χ1n) is 5.01. The van der Waals surface area contributed by atoms with Crippen LogP contribution in [0.5, 0.6) is 0 Å². The molecule has 2 rings (SSSR count). The van der Waals surface area contributed by atoms with Gasteiger partial charge in [0, 0.05) is 18.5 Å². The fourth-order valence-corrected chi connectivity index (χ4v) is 1.81. The summed E-state index contributed by atoms with van der Waals surface area (Å²) >= 11 is 5.59. The van der Waals surface area contributed by atoms with Crippen molar-refractivity contribution in [1.82, 2.24) is 14.5 Å². The highest BCUT2D eigenvalue weighted by Crippen LogP contribution is 2.12. The molecule has 0 aliphatic heterocycles. The number of aromatic nitrogens is 3. The molecule has 1 atom stereocenters. The van der Waals surface area contributed by atoms with Gasteiger partial charge in [-0.25, -0.2) is 4.79 Å². The number of hydrogen-bond donors (Lipinski definition) is 1. The quantitative estimate of drug-likeness (QED) is 0.816. The molecular formula is C11H10ClN3O2. The van der Waals surface area contributed by atoms with Gasteiger partial charge in [0.2, 0.25) is 0 Å². The highest BCUT2D eigenvalue weighted by Gasteiger charge is 2.12. The minimum atomic E-state index is -0.521. The minimum absolute atomic E-state index is 0.0400. The first-order valence-corrected chi connectivity index (χ1v) is 5.38. The molecule has 6 heteroatoms. The van der Waals surface area contributed by atoms with Crippen molar-refractivity contribution in [1.29, 1.82) is 0 Å². The van der Waals surface area contributed by atoms with Crippen LogP contribution in [-0.4, -0.2) is 14.5 Å². The highest BCUT2D eigenvalue weighted by atomic mass is 35.5. The lowest BCUT2D eigenvalue weighted by Gasteiger charge is -2.13. The molecule has 0 saturated carbocycles. The van der Waals surface area contributed by atoms with Crippen molar-refractivity contribution in [2.75, 3.05) is 0 Å². The Bertz CT molecular complexity index is 602. The van der Waals surface area contributed by atoms with Gasteiger partial charge in [-0.15, -0.1) is 0 Å². The predicted molar refractivity (Wildman–Crippen MR) is 64.4 cm³/mol. The second kappa shape index (κ2) is 4.55. The Hall–Kier alpha value is -1.88. The fraction of sp³-hybridized carbons (Fsp3) is 0.182. The van der Waals surface area contributed by atoms with Crippen molar-refractivity contribution in [3.8, 4) is 0 Å². The van der Waals surface area contributed by atoms with E-state index in [2.05, 4.69) is 9.97 Å². The molecule has 0 saturated heterocycles. The summed E-state index contributed by atoms with van der Waals surface area (Å²) < 4.78 is 1.11. The molecule has 2 aromatic rings. The van der Waals surface area contributed by atoms with Crippen molar-refractivity contribution in [3.05, 3.63) is 62.1 Å². The number of rotatable bonds is 2. The van der Waals surface area contributed by atoms with Crippen molar-refractivity contribution in [2.45, 2.75) is 13.0 Å².